The van der Waals surface area contributed by atoms with Gasteiger partial charge < -0.3 is 5.32 Å². The van der Waals surface area contributed by atoms with Gasteiger partial charge in [0.1, 0.15) is 0 Å². The van der Waals surface area contributed by atoms with Gasteiger partial charge in [-0.1, -0.05) is 11.6 Å². The number of thiocarbonyl (C=S) groups is 1. The molecule has 0 fully saturated rings. The molecule has 1 aromatic heterocycles. The molecule has 1 amide bonds. The number of aryl methyl sites for hydroxylation is 1. The second-order valence-electron chi connectivity index (χ2n) is 6.67. The molecular formula is C17H20ClN5O2S. The number of halogens is 1. The van der Waals surface area contributed by atoms with Gasteiger partial charge in [-0.15, -0.1) is 0 Å². The van der Waals surface area contributed by atoms with Gasteiger partial charge in [0.2, 0.25) is 5.43 Å². The number of carbonyl (C=O) groups excluding carboxylic acids is 1. The molecule has 1 aromatic carbocycles. The predicted molar refractivity (Wildman–Crippen MR) is 106 cm³/mol. The molecule has 7 nitrogen and oxygen atoms in total. The predicted octanol–water partition coefficient (Wildman–Crippen LogP) is 2.10. The van der Waals surface area contributed by atoms with Crippen molar-refractivity contribution in [2.24, 2.45) is 0 Å². The molecule has 0 unspecified atom stereocenters. The number of benzene rings is 1. The molecule has 0 aliphatic heterocycles. The fraction of sp³-hybridized carbons (Fsp3) is 0.294. The minimum absolute atomic E-state index is 0.232. The van der Waals surface area contributed by atoms with Gasteiger partial charge in [-0.25, -0.2) is 4.68 Å². The molecule has 0 bridgehead atoms. The maximum absolute atomic E-state index is 12.3. The van der Waals surface area contributed by atoms with Crippen molar-refractivity contribution in [1.82, 2.24) is 25.9 Å². The molecule has 0 aliphatic rings. The molecule has 0 aliphatic carbocycles. The van der Waals surface area contributed by atoms with Crippen LogP contribution in [-0.4, -0.2) is 26.3 Å². The number of nitrogens with zero attached hydrogens (tertiary/aromatic N) is 2. The third-order valence-corrected chi connectivity index (χ3v) is 3.63. The summed E-state index contributed by atoms with van der Waals surface area (Å²) >= 11 is 11.0. The topological polar surface area (TPSA) is 88.1 Å². The van der Waals surface area contributed by atoms with E-state index in [1.54, 1.807) is 31.2 Å². The van der Waals surface area contributed by atoms with Gasteiger partial charge in [-0.2, -0.15) is 5.10 Å². The van der Waals surface area contributed by atoms with E-state index in [2.05, 4.69) is 21.3 Å². The summed E-state index contributed by atoms with van der Waals surface area (Å²) in [6.07, 6.45) is 0. The van der Waals surface area contributed by atoms with Crippen LogP contribution < -0.4 is 21.6 Å². The van der Waals surface area contributed by atoms with Crippen molar-refractivity contribution in [2.45, 2.75) is 33.2 Å². The molecule has 9 heteroatoms. The van der Waals surface area contributed by atoms with Crippen molar-refractivity contribution < 1.29 is 4.79 Å². The molecule has 0 atom stereocenters. The van der Waals surface area contributed by atoms with Crippen molar-refractivity contribution in [3.05, 3.63) is 57.0 Å². The highest BCUT2D eigenvalue weighted by molar-refractivity contribution is 7.80. The standard InChI is InChI=1S/C17H20ClN5O2S/c1-10-9-13(24)14(15(25)20-21-16(26)19-17(2,3)4)22-23(10)12-7-5-11(18)6-8-12/h5-9H,1-4H3,(H,20,25)(H2,19,21,26). The Balaban J connectivity index is 2.22. The second-order valence-corrected chi connectivity index (χ2v) is 7.51. The second kappa shape index (κ2) is 7.84. The fourth-order valence-corrected chi connectivity index (χ4v) is 2.58. The summed E-state index contributed by atoms with van der Waals surface area (Å²) in [4.78, 5) is 24.5. The van der Waals surface area contributed by atoms with Crippen LogP contribution in [0.25, 0.3) is 5.69 Å². The van der Waals surface area contributed by atoms with Crippen LogP contribution in [-0.2, 0) is 0 Å². The number of amides is 1. The Hall–Kier alpha value is -2.45. The third kappa shape index (κ3) is 5.27. The van der Waals surface area contributed by atoms with E-state index in [0.29, 0.717) is 16.4 Å². The van der Waals surface area contributed by atoms with E-state index in [1.165, 1.54) is 10.7 Å². The average molecular weight is 394 g/mol. The number of aromatic nitrogens is 2. The van der Waals surface area contributed by atoms with Crippen LogP contribution in [0.15, 0.2) is 35.1 Å². The van der Waals surface area contributed by atoms with E-state index in [-0.39, 0.29) is 16.3 Å². The van der Waals surface area contributed by atoms with Crippen molar-refractivity contribution in [3.8, 4) is 5.69 Å². The number of rotatable bonds is 2. The van der Waals surface area contributed by atoms with Crippen molar-refractivity contribution in [1.29, 1.82) is 0 Å². The van der Waals surface area contributed by atoms with E-state index >= 15 is 0 Å². The molecule has 0 saturated heterocycles. The molecule has 1 heterocycles. The van der Waals surface area contributed by atoms with E-state index in [9.17, 15) is 9.59 Å². The zero-order valence-electron chi connectivity index (χ0n) is 14.9. The van der Waals surface area contributed by atoms with Crippen molar-refractivity contribution in [3.63, 3.8) is 0 Å². The first-order valence-corrected chi connectivity index (χ1v) is 8.61. The summed E-state index contributed by atoms with van der Waals surface area (Å²) in [6, 6.07) is 8.24. The summed E-state index contributed by atoms with van der Waals surface area (Å²) in [5.41, 5.74) is 5.21. The summed E-state index contributed by atoms with van der Waals surface area (Å²) < 4.78 is 1.50. The number of hydrogen-bond acceptors (Lipinski definition) is 4. The summed E-state index contributed by atoms with van der Waals surface area (Å²) in [5.74, 6) is -0.684. The Kier molecular flexibility index (Phi) is 5.99. The number of hydrazine groups is 1. The molecule has 138 valence electrons. The van der Waals surface area contributed by atoms with Gasteiger partial charge in [0.15, 0.2) is 10.8 Å². The lowest BCUT2D eigenvalue weighted by Crippen LogP contribution is -2.52. The molecule has 26 heavy (non-hydrogen) atoms. The first-order valence-electron chi connectivity index (χ1n) is 7.82. The van der Waals surface area contributed by atoms with Gasteiger partial charge >= 0.3 is 0 Å². The Morgan fingerprint density at radius 3 is 2.38 bits per heavy atom. The molecule has 0 spiro atoms. The van der Waals surface area contributed by atoms with Gasteiger partial charge in [-0.05, 0) is 64.2 Å². The zero-order chi connectivity index (χ0) is 19.5. The Bertz CT molecular complexity index is 888. The van der Waals surface area contributed by atoms with Gasteiger partial charge in [0.25, 0.3) is 5.91 Å². The van der Waals surface area contributed by atoms with Crippen LogP contribution in [0.2, 0.25) is 5.02 Å². The molecule has 0 saturated carbocycles. The highest BCUT2D eigenvalue weighted by atomic mass is 35.5. The number of carbonyl (C=O) groups is 1. The minimum Gasteiger partial charge on any atom is -0.357 e. The first-order chi connectivity index (χ1) is 12.1. The maximum atomic E-state index is 12.3. The summed E-state index contributed by atoms with van der Waals surface area (Å²) in [5, 5.41) is 7.96. The van der Waals surface area contributed by atoms with Crippen molar-refractivity contribution >= 4 is 34.8 Å². The lowest BCUT2D eigenvalue weighted by atomic mass is 10.1. The number of hydrogen-bond donors (Lipinski definition) is 3. The SMILES string of the molecule is Cc1cc(=O)c(C(=O)NNC(=S)NC(C)(C)C)nn1-c1ccc(Cl)cc1. The minimum atomic E-state index is -0.684. The highest BCUT2D eigenvalue weighted by Crippen LogP contribution is 2.13. The summed E-state index contributed by atoms with van der Waals surface area (Å²) in [7, 11) is 0. The molecule has 3 N–H and O–H groups in total. The van der Waals surface area contributed by atoms with Crippen LogP contribution in [0.1, 0.15) is 37.0 Å². The van der Waals surface area contributed by atoms with E-state index < -0.39 is 11.3 Å². The monoisotopic (exact) mass is 393 g/mol. The van der Waals surface area contributed by atoms with Gasteiger partial charge in [-0.3, -0.25) is 20.4 Å². The van der Waals surface area contributed by atoms with Crippen LogP contribution in [0.3, 0.4) is 0 Å². The largest absolute Gasteiger partial charge is 0.357 e. The lowest BCUT2D eigenvalue weighted by Gasteiger charge is -2.23. The van der Waals surface area contributed by atoms with Crippen LogP contribution in [0.4, 0.5) is 0 Å². The Morgan fingerprint density at radius 2 is 1.81 bits per heavy atom. The smallest absolute Gasteiger partial charge is 0.294 e. The highest BCUT2D eigenvalue weighted by Gasteiger charge is 2.16. The zero-order valence-corrected chi connectivity index (χ0v) is 16.5. The molecule has 2 aromatic rings. The first kappa shape index (κ1) is 19.9. The van der Waals surface area contributed by atoms with Crippen LogP contribution in [0, 0.1) is 6.92 Å². The lowest BCUT2D eigenvalue weighted by molar-refractivity contribution is 0.0935. The molecule has 2 rings (SSSR count). The Morgan fingerprint density at radius 1 is 1.19 bits per heavy atom. The fourth-order valence-electron chi connectivity index (χ4n) is 2.09. The molecular weight excluding hydrogens is 374 g/mol. The van der Waals surface area contributed by atoms with E-state index in [0.717, 1.165) is 0 Å². The van der Waals surface area contributed by atoms with Gasteiger partial charge in [0, 0.05) is 22.3 Å². The van der Waals surface area contributed by atoms with Crippen LogP contribution in [0.5, 0.6) is 0 Å². The van der Waals surface area contributed by atoms with Gasteiger partial charge in [0.05, 0.1) is 5.69 Å². The quantitative estimate of drug-likeness (QED) is 0.535. The average Bonchev–Trinajstić information content (AvgIpc) is 2.52. The van der Waals surface area contributed by atoms with E-state index in [1.807, 2.05) is 20.8 Å². The Labute approximate surface area is 161 Å². The number of nitrogens with one attached hydrogen (secondary N) is 3. The van der Waals surface area contributed by atoms with E-state index in [4.69, 9.17) is 23.8 Å². The normalized spacial score (nSPS) is 11.0. The maximum Gasteiger partial charge on any atom is 0.294 e. The third-order valence-electron chi connectivity index (χ3n) is 3.17. The summed E-state index contributed by atoms with van der Waals surface area (Å²) in [6.45, 7) is 7.50. The van der Waals surface area contributed by atoms with Crippen molar-refractivity contribution in [2.75, 3.05) is 0 Å². The molecule has 0 radical (unpaired) electrons. The van der Waals surface area contributed by atoms with Crippen LogP contribution >= 0.6 is 23.8 Å².